The van der Waals surface area contributed by atoms with Crippen LogP contribution in [0.3, 0.4) is 0 Å². The Kier molecular flexibility index (Phi) is 5.09. The lowest BCUT2D eigenvalue weighted by atomic mass is 10.0. The number of nitrogens with one attached hydrogen (secondary N) is 2. The molecule has 1 aromatic carbocycles. The van der Waals surface area contributed by atoms with Gasteiger partial charge >= 0.3 is 0 Å². The van der Waals surface area contributed by atoms with Crippen LogP contribution in [0, 0.1) is 5.82 Å². The highest BCUT2D eigenvalue weighted by Gasteiger charge is 2.08. The third kappa shape index (κ3) is 4.15. The Morgan fingerprint density at radius 3 is 2.81 bits per heavy atom. The highest BCUT2D eigenvalue weighted by Crippen LogP contribution is 2.22. The molecular weight excluding hydrogens is 267 g/mol. The number of benzene rings is 1. The topological polar surface area (TPSA) is 49.8 Å². The SMILES string of the molecule is CCCNc1ncc(F)c(Nc2cccc(C(C)C)c2)n1. The predicted molar refractivity (Wildman–Crippen MR) is 84.6 cm³/mol. The van der Waals surface area contributed by atoms with Crippen LogP contribution in [0.4, 0.5) is 21.8 Å². The Morgan fingerprint density at radius 2 is 2.10 bits per heavy atom. The van der Waals surface area contributed by atoms with Crippen LogP contribution in [0.2, 0.25) is 0 Å². The van der Waals surface area contributed by atoms with Crippen molar-refractivity contribution in [1.82, 2.24) is 9.97 Å². The van der Waals surface area contributed by atoms with E-state index in [0.29, 0.717) is 11.9 Å². The van der Waals surface area contributed by atoms with Crippen molar-refractivity contribution in [2.45, 2.75) is 33.1 Å². The van der Waals surface area contributed by atoms with Gasteiger partial charge in [0.15, 0.2) is 11.6 Å². The lowest BCUT2D eigenvalue weighted by Crippen LogP contribution is -2.07. The van der Waals surface area contributed by atoms with Crippen LogP contribution >= 0.6 is 0 Å². The maximum absolute atomic E-state index is 13.8. The summed E-state index contributed by atoms with van der Waals surface area (Å²) < 4.78 is 13.8. The van der Waals surface area contributed by atoms with Crippen LogP contribution in [-0.2, 0) is 0 Å². The lowest BCUT2D eigenvalue weighted by Gasteiger charge is -2.11. The quantitative estimate of drug-likeness (QED) is 0.832. The highest BCUT2D eigenvalue weighted by atomic mass is 19.1. The molecule has 0 spiro atoms. The van der Waals surface area contributed by atoms with Gasteiger partial charge in [-0.05, 0) is 30.0 Å². The normalized spacial score (nSPS) is 10.7. The monoisotopic (exact) mass is 288 g/mol. The Morgan fingerprint density at radius 1 is 1.29 bits per heavy atom. The molecule has 0 saturated carbocycles. The van der Waals surface area contributed by atoms with Crippen LogP contribution < -0.4 is 10.6 Å². The summed E-state index contributed by atoms with van der Waals surface area (Å²) in [6, 6.07) is 7.91. The molecule has 1 heterocycles. The third-order valence-corrected chi connectivity index (χ3v) is 3.09. The van der Waals surface area contributed by atoms with Gasteiger partial charge < -0.3 is 10.6 Å². The van der Waals surface area contributed by atoms with E-state index in [2.05, 4.69) is 40.5 Å². The molecule has 4 nitrogen and oxygen atoms in total. The van der Waals surface area contributed by atoms with E-state index in [1.54, 1.807) is 0 Å². The molecule has 0 amide bonds. The summed E-state index contributed by atoms with van der Waals surface area (Å²) in [6.45, 7) is 7.05. The van der Waals surface area contributed by atoms with Crippen molar-refractivity contribution in [3.05, 3.63) is 41.8 Å². The standard InChI is InChI=1S/C16H21FN4/c1-4-8-18-16-19-10-14(17)15(21-16)20-13-7-5-6-12(9-13)11(2)3/h5-7,9-11H,4,8H2,1-3H3,(H2,18,19,20,21). The zero-order valence-electron chi connectivity index (χ0n) is 12.7. The third-order valence-electron chi connectivity index (χ3n) is 3.09. The fourth-order valence-electron chi connectivity index (χ4n) is 1.89. The second kappa shape index (κ2) is 7.02. The molecule has 21 heavy (non-hydrogen) atoms. The average molecular weight is 288 g/mol. The Hall–Kier alpha value is -2.17. The van der Waals surface area contributed by atoms with Gasteiger partial charge in [-0.3, -0.25) is 0 Å². The van der Waals surface area contributed by atoms with Gasteiger partial charge in [0, 0.05) is 12.2 Å². The summed E-state index contributed by atoms with van der Waals surface area (Å²) in [4.78, 5) is 8.10. The van der Waals surface area contributed by atoms with Crippen molar-refractivity contribution < 1.29 is 4.39 Å². The lowest BCUT2D eigenvalue weighted by molar-refractivity contribution is 0.619. The largest absolute Gasteiger partial charge is 0.354 e. The zero-order valence-corrected chi connectivity index (χ0v) is 12.7. The molecular formula is C16H21FN4. The van der Waals surface area contributed by atoms with Gasteiger partial charge in [0.2, 0.25) is 5.95 Å². The molecule has 112 valence electrons. The minimum absolute atomic E-state index is 0.185. The second-order valence-corrected chi connectivity index (χ2v) is 5.22. The molecule has 2 rings (SSSR count). The molecule has 0 aliphatic carbocycles. The van der Waals surface area contributed by atoms with Crippen LogP contribution in [0.15, 0.2) is 30.5 Å². The van der Waals surface area contributed by atoms with Gasteiger partial charge in [-0.25, -0.2) is 9.37 Å². The van der Waals surface area contributed by atoms with E-state index < -0.39 is 5.82 Å². The van der Waals surface area contributed by atoms with E-state index >= 15 is 0 Å². The predicted octanol–water partition coefficient (Wildman–Crippen LogP) is 4.30. The van der Waals surface area contributed by atoms with Crippen molar-refractivity contribution in [1.29, 1.82) is 0 Å². The van der Waals surface area contributed by atoms with Crippen molar-refractivity contribution in [2.24, 2.45) is 0 Å². The zero-order chi connectivity index (χ0) is 15.2. The summed E-state index contributed by atoms with van der Waals surface area (Å²) in [5.74, 6) is 0.570. The second-order valence-electron chi connectivity index (χ2n) is 5.22. The van der Waals surface area contributed by atoms with Gasteiger partial charge in [0.25, 0.3) is 0 Å². The average Bonchev–Trinajstić information content (AvgIpc) is 2.48. The summed E-state index contributed by atoms with van der Waals surface area (Å²) in [5, 5.41) is 6.07. The number of nitrogens with zero attached hydrogens (tertiary/aromatic N) is 2. The summed E-state index contributed by atoms with van der Waals surface area (Å²) in [5.41, 5.74) is 2.01. The molecule has 0 radical (unpaired) electrons. The number of anilines is 3. The highest BCUT2D eigenvalue weighted by molar-refractivity contribution is 5.58. The summed E-state index contributed by atoms with van der Waals surface area (Å²) in [7, 11) is 0. The molecule has 0 saturated heterocycles. The Balaban J connectivity index is 2.20. The van der Waals surface area contributed by atoms with Gasteiger partial charge in [-0.15, -0.1) is 0 Å². The number of aromatic nitrogens is 2. The van der Waals surface area contributed by atoms with Crippen LogP contribution in [0.5, 0.6) is 0 Å². The van der Waals surface area contributed by atoms with E-state index in [1.165, 1.54) is 11.8 Å². The molecule has 0 unspecified atom stereocenters. The van der Waals surface area contributed by atoms with Crippen LogP contribution in [-0.4, -0.2) is 16.5 Å². The Labute approximate surface area is 124 Å². The maximum atomic E-state index is 13.8. The smallest absolute Gasteiger partial charge is 0.224 e. The molecule has 2 aromatic rings. The fraction of sp³-hybridized carbons (Fsp3) is 0.375. The first kappa shape index (κ1) is 15.2. The molecule has 0 aliphatic rings. The van der Waals surface area contributed by atoms with Crippen molar-refractivity contribution in [3.63, 3.8) is 0 Å². The first-order valence-electron chi connectivity index (χ1n) is 7.23. The first-order valence-corrected chi connectivity index (χ1v) is 7.23. The van der Waals surface area contributed by atoms with Gasteiger partial charge in [-0.2, -0.15) is 4.98 Å². The van der Waals surface area contributed by atoms with Crippen molar-refractivity contribution in [3.8, 4) is 0 Å². The number of rotatable bonds is 6. The van der Waals surface area contributed by atoms with E-state index in [1.807, 2.05) is 25.1 Å². The van der Waals surface area contributed by atoms with Gasteiger partial charge in [-0.1, -0.05) is 32.9 Å². The van der Waals surface area contributed by atoms with Gasteiger partial charge in [0.05, 0.1) is 6.20 Å². The van der Waals surface area contributed by atoms with Crippen molar-refractivity contribution in [2.75, 3.05) is 17.2 Å². The molecule has 5 heteroatoms. The van der Waals surface area contributed by atoms with Crippen LogP contribution in [0.25, 0.3) is 0 Å². The van der Waals surface area contributed by atoms with Gasteiger partial charge in [0.1, 0.15) is 0 Å². The molecule has 0 atom stereocenters. The maximum Gasteiger partial charge on any atom is 0.224 e. The number of hydrogen-bond acceptors (Lipinski definition) is 4. The molecule has 2 N–H and O–H groups in total. The minimum atomic E-state index is -0.466. The summed E-state index contributed by atoms with van der Waals surface area (Å²) in [6.07, 6.45) is 2.14. The molecule has 0 fully saturated rings. The molecule has 0 bridgehead atoms. The molecule has 1 aromatic heterocycles. The van der Waals surface area contributed by atoms with E-state index in [-0.39, 0.29) is 5.82 Å². The van der Waals surface area contributed by atoms with Crippen LogP contribution in [0.1, 0.15) is 38.7 Å². The number of halogens is 1. The first-order chi connectivity index (χ1) is 10.1. The Bertz CT molecular complexity index is 599. The molecule has 0 aliphatic heterocycles. The minimum Gasteiger partial charge on any atom is -0.354 e. The summed E-state index contributed by atoms with van der Waals surface area (Å²) >= 11 is 0. The van der Waals surface area contributed by atoms with E-state index in [4.69, 9.17) is 0 Å². The van der Waals surface area contributed by atoms with E-state index in [9.17, 15) is 4.39 Å². The van der Waals surface area contributed by atoms with Crippen molar-refractivity contribution >= 4 is 17.5 Å². The number of hydrogen-bond donors (Lipinski definition) is 2. The van der Waals surface area contributed by atoms with E-state index in [0.717, 1.165) is 18.7 Å². The fourth-order valence-corrected chi connectivity index (χ4v) is 1.89.